The third-order valence-corrected chi connectivity index (χ3v) is 7.07. The number of nitrogens with zero attached hydrogens (tertiary/aromatic N) is 4. The van der Waals surface area contributed by atoms with Crippen molar-refractivity contribution in [1.29, 1.82) is 0 Å². The van der Waals surface area contributed by atoms with Gasteiger partial charge in [-0.1, -0.05) is 54.1 Å². The van der Waals surface area contributed by atoms with E-state index in [-0.39, 0.29) is 11.3 Å². The summed E-state index contributed by atoms with van der Waals surface area (Å²) in [5.41, 5.74) is 3.92. The Morgan fingerprint density at radius 1 is 1.12 bits per heavy atom. The van der Waals surface area contributed by atoms with E-state index in [4.69, 9.17) is 4.42 Å². The average Bonchev–Trinajstić information content (AvgIpc) is 3.38. The largest absolute Gasteiger partial charge is 0.443 e. The predicted octanol–water partition coefficient (Wildman–Crippen LogP) is 3.79. The van der Waals surface area contributed by atoms with Crippen LogP contribution in [0.15, 0.2) is 65.4 Å². The number of rotatable bonds is 6. The van der Waals surface area contributed by atoms with E-state index >= 15 is 0 Å². The summed E-state index contributed by atoms with van der Waals surface area (Å²) in [4.78, 5) is 24.5. The number of aryl methyl sites for hydroxylation is 1. The van der Waals surface area contributed by atoms with Crippen LogP contribution in [0.1, 0.15) is 21.6 Å². The van der Waals surface area contributed by atoms with Crippen LogP contribution in [0.3, 0.4) is 0 Å². The summed E-state index contributed by atoms with van der Waals surface area (Å²) in [7, 11) is 4.28. The Kier molecular flexibility index (Phi) is 5.81. The molecule has 0 aliphatic carbocycles. The standard InChI is InChI=1S/C27H32N4O2/c1-20-8-7-11-22(12-20)25-24(28-19-33-25)26(32)31-17-27(18-31)16-30(15-23(27)14-29(2)3)13-21-9-5-4-6-10-21/h4-12,19,23H,13-18H2,1-3H3. The fourth-order valence-electron chi connectivity index (χ4n) is 5.55. The molecule has 1 atom stereocenters. The fraction of sp³-hybridized carbons (Fsp3) is 0.407. The van der Waals surface area contributed by atoms with Crippen LogP contribution in [0.25, 0.3) is 11.3 Å². The van der Waals surface area contributed by atoms with Gasteiger partial charge in [-0.25, -0.2) is 4.98 Å². The van der Waals surface area contributed by atoms with Gasteiger partial charge in [0.05, 0.1) is 0 Å². The number of benzene rings is 2. The molecule has 3 heterocycles. The zero-order valence-electron chi connectivity index (χ0n) is 19.7. The lowest BCUT2D eigenvalue weighted by molar-refractivity contribution is -0.0157. The van der Waals surface area contributed by atoms with Gasteiger partial charge in [-0.2, -0.15) is 0 Å². The topological polar surface area (TPSA) is 52.8 Å². The van der Waals surface area contributed by atoms with Gasteiger partial charge in [-0.3, -0.25) is 9.69 Å². The van der Waals surface area contributed by atoms with E-state index in [1.165, 1.54) is 12.0 Å². The minimum absolute atomic E-state index is 0.0315. The normalized spacial score (nSPS) is 19.9. The molecule has 2 aliphatic rings. The highest BCUT2D eigenvalue weighted by Gasteiger charge is 2.55. The fourth-order valence-corrected chi connectivity index (χ4v) is 5.55. The summed E-state index contributed by atoms with van der Waals surface area (Å²) in [6.07, 6.45) is 1.38. The van der Waals surface area contributed by atoms with E-state index < -0.39 is 0 Å². The van der Waals surface area contributed by atoms with Gasteiger partial charge in [0, 0.05) is 50.2 Å². The molecule has 2 aromatic carbocycles. The highest BCUT2D eigenvalue weighted by Crippen LogP contribution is 2.45. The maximum Gasteiger partial charge on any atom is 0.276 e. The van der Waals surface area contributed by atoms with Crippen molar-refractivity contribution in [3.05, 3.63) is 77.8 Å². The Morgan fingerprint density at radius 3 is 2.64 bits per heavy atom. The second kappa shape index (κ2) is 8.76. The Hall–Kier alpha value is -2.96. The lowest BCUT2D eigenvalue weighted by Crippen LogP contribution is -2.63. The smallest absolute Gasteiger partial charge is 0.276 e. The first kappa shape index (κ1) is 21.9. The van der Waals surface area contributed by atoms with Gasteiger partial charge in [0.2, 0.25) is 0 Å². The van der Waals surface area contributed by atoms with Crippen molar-refractivity contribution in [3.63, 3.8) is 0 Å². The third-order valence-electron chi connectivity index (χ3n) is 7.07. The number of hydrogen-bond donors (Lipinski definition) is 0. The number of carbonyl (C=O) groups excluding carboxylic acids is 1. The second-order valence-corrected chi connectivity index (χ2v) is 10.0. The number of carbonyl (C=O) groups is 1. The number of likely N-dealkylation sites (tertiary alicyclic amines) is 2. The molecule has 0 bridgehead atoms. The predicted molar refractivity (Wildman–Crippen MR) is 129 cm³/mol. The molecule has 6 heteroatoms. The van der Waals surface area contributed by atoms with Gasteiger partial charge in [0.1, 0.15) is 0 Å². The van der Waals surface area contributed by atoms with Gasteiger partial charge < -0.3 is 14.2 Å². The number of oxazole rings is 1. The molecule has 33 heavy (non-hydrogen) atoms. The number of hydrogen-bond acceptors (Lipinski definition) is 5. The zero-order chi connectivity index (χ0) is 23.0. The van der Waals surface area contributed by atoms with Gasteiger partial charge in [0.25, 0.3) is 5.91 Å². The molecule has 1 aromatic heterocycles. The molecule has 2 aliphatic heterocycles. The first-order valence-electron chi connectivity index (χ1n) is 11.6. The second-order valence-electron chi connectivity index (χ2n) is 10.0. The Balaban J connectivity index is 1.31. The summed E-state index contributed by atoms with van der Waals surface area (Å²) in [6.45, 7) is 7.66. The monoisotopic (exact) mass is 444 g/mol. The molecule has 2 fully saturated rings. The van der Waals surface area contributed by atoms with Crippen molar-refractivity contribution in [2.45, 2.75) is 13.5 Å². The van der Waals surface area contributed by atoms with Crippen LogP contribution in [0.5, 0.6) is 0 Å². The molecule has 172 valence electrons. The average molecular weight is 445 g/mol. The Labute approximate surface area is 195 Å². The van der Waals surface area contributed by atoms with Gasteiger partial charge in [-0.15, -0.1) is 0 Å². The Morgan fingerprint density at radius 2 is 1.91 bits per heavy atom. The maximum absolute atomic E-state index is 13.4. The molecular formula is C27H32N4O2. The third kappa shape index (κ3) is 4.33. The van der Waals surface area contributed by atoms with E-state index in [9.17, 15) is 4.79 Å². The SMILES string of the molecule is Cc1cccc(-c2ocnc2C(=O)N2CC3(CN(Cc4ccccc4)CC3CN(C)C)C2)c1. The molecule has 2 saturated heterocycles. The van der Waals surface area contributed by atoms with Gasteiger partial charge in [0.15, 0.2) is 17.8 Å². The molecule has 1 spiro atoms. The minimum Gasteiger partial charge on any atom is -0.443 e. The molecule has 1 unspecified atom stereocenters. The minimum atomic E-state index is -0.0315. The summed E-state index contributed by atoms with van der Waals surface area (Å²) >= 11 is 0. The lowest BCUT2D eigenvalue weighted by Gasteiger charge is -2.51. The maximum atomic E-state index is 13.4. The highest BCUT2D eigenvalue weighted by molar-refractivity contribution is 5.98. The van der Waals surface area contributed by atoms with Gasteiger partial charge >= 0.3 is 0 Å². The van der Waals surface area contributed by atoms with Crippen molar-refractivity contribution in [2.24, 2.45) is 11.3 Å². The molecular weight excluding hydrogens is 412 g/mol. The molecule has 3 aromatic rings. The van der Waals surface area contributed by atoms with Crippen LogP contribution in [0.4, 0.5) is 0 Å². The highest BCUT2D eigenvalue weighted by atomic mass is 16.3. The number of amides is 1. The van der Waals surface area contributed by atoms with Crippen molar-refractivity contribution in [3.8, 4) is 11.3 Å². The quantitative estimate of drug-likeness (QED) is 0.579. The zero-order valence-corrected chi connectivity index (χ0v) is 19.7. The molecule has 0 saturated carbocycles. The summed E-state index contributed by atoms with van der Waals surface area (Å²) in [5, 5.41) is 0. The van der Waals surface area contributed by atoms with E-state index in [0.717, 1.165) is 50.4 Å². The van der Waals surface area contributed by atoms with Crippen LogP contribution in [-0.4, -0.2) is 72.4 Å². The first-order valence-corrected chi connectivity index (χ1v) is 11.6. The molecule has 1 amide bonds. The Bertz CT molecular complexity index is 1120. The molecule has 0 N–H and O–H groups in total. The van der Waals surface area contributed by atoms with Crippen molar-refractivity contribution in [2.75, 3.05) is 46.8 Å². The van der Waals surface area contributed by atoms with E-state index in [2.05, 4.69) is 59.2 Å². The van der Waals surface area contributed by atoms with Crippen LogP contribution < -0.4 is 0 Å². The summed E-state index contributed by atoms with van der Waals surface area (Å²) in [5.74, 6) is 1.07. The van der Waals surface area contributed by atoms with E-state index in [1.807, 2.05) is 36.1 Å². The van der Waals surface area contributed by atoms with Gasteiger partial charge in [-0.05, 0) is 38.6 Å². The van der Waals surface area contributed by atoms with Crippen LogP contribution in [0, 0.1) is 18.3 Å². The van der Waals surface area contributed by atoms with Crippen LogP contribution in [-0.2, 0) is 6.54 Å². The molecule has 0 radical (unpaired) electrons. The van der Waals surface area contributed by atoms with Crippen molar-refractivity contribution >= 4 is 5.91 Å². The van der Waals surface area contributed by atoms with Crippen molar-refractivity contribution in [1.82, 2.24) is 19.7 Å². The summed E-state index contributed by atoms with van der Waals surface area (Å²) < 4.78 is 5.65. The summed E-state index contributed by atoms with van der Waals surface area (Å²) in [6, 6.07) is 18.7. The number of aromatic nitrogens is 1. The van der Waals surface area contributed by atoms with E-state index in [0.29, 0.717) is 17.4 Å². The van der Waals surface area contributed by atoms with E-state index in [1.54, 1.807) is 0 Å². The van der Waals surface area contributed by atoms with Crippen LogP contribution >= 0.6 is 0 Å². The molecule has 5 rings (SSSR count). The van der Waals surface area contributed by atoms with Crippen molar-refractivity contribution < 1.29 is 9.21 Å². The first-order chi connectivity index (χ1) is 15.9. The van der Waals surface area contributed by atoms with Crippen LogP contribution in [0.2, 0.25) is 0 Å². The molecule has 6 nitrogen and oxygen atoms in total. The lowest BCUT2D eigenvalue weighted by atomic mass is 9.71.